The van der Waals surface area contributed by atoms with Gasteiger partial charge >= 0.3 is 0 Å². The summed E-state index contributed by atoms with van der Waals surface area (Å²) in [6, 6.07) is 9.25. The number of nitrogens with two attached hydrogens (primary N) is 1. The monoisotopic (exact) mass is 258 g/mol. The second-order valence-corrected chi connectivity index (χ2v) is 3.96. The molecule has 0 fully saturated rings. The summed E-state index contributed by atoms with van der Waals surface area (Å²) in [5.74, 6) is -0.244. The van der Waals surface area contributed by atoms with E-state index in [-0.39, 0.29) is 12.2 Å². The fraction of sp³-hybridized carbons (Fsp3) is 0.154. The number of carbonyl (C=O) groups is 1. The first-order valence-electron chi connectivity index (χ1n) is 5.75. The van der Waals surface area contributed by atoms with E-state index in [0.29, 0.717) is 5.82 Å². The van der Waals surface area contributed by atoms with Crippen molar-refractivity contribution >= 4 is 11.7 Å². The summed E-state index contributed by atoms with van der Waals surface area (Å²) in [4.78, 5) is 18.8. The molecular formula is C13H14N4O2. The van der Waals surface area contributed by atoms with Crippen LogP contribution in [0.3, 0.4) is 0 Å². The number of nitrogens with zero attached hydrogens (tertiary/aromatic N) is 2. The lowest BCUT2D eigenvalue weighted by molar-refractivity contribution is 0.0995. The lowest BCUT2D eigenvalue weighted by Crippen LogP contribution is -2.17. The highest BCUT2D eigenvalue weighted by atomic mass is 16.3. The van der Waals surface area contributed by atoms with Crippen molar-refractivity contribution in [3.63, 3.8) is 0 Å². The summed E-state index contributed by atoms with van der Waals surface area (Å²) in [6.45, 7) is 0.265. The molecule has 0 aliphatic heterocycles. The number of anilines is 1. The van der Waals surface area contributed by atoms with Crippen LogP contribution in [-0.2, 0) is 0 Å². The maximum absolute atomic E-state index is 11.0. The highest BCUT2D eigenvalue weighted by molar-refractivity contribution is 5.90. The van der Waals surface area contributed by atoms with Crippen LogP contribution >= 0.6 is 0 Å². The molecular weight excluding hydrogens is 244 g/mol. The van der Waals surface area contributed by atoms with Crippen LogP contribution in [0, 0.1) is 0 Å². The van der Waals surface area contributed by atoms with Crippen LogP contribution in [0.25, 0.3) is 0 Å². The molecule has 0 saturated heterocycles. The van der Waals surface area contributed by atoms with Crippen LogP contribution in [0.4, 0.5) is 5.82 Å². The molecule has 0 aliphatic carbocycles. The van der Waals surface area contributed by atoms with E-state index in [1.807, 2.05) is 30.3 Å². The standard InChI is InChI=1S/C13H14N4O2/c14-13(19)10-6-15-8-12(17-10)16-7-11(18)9-4-2-1-3-5-9/h1-6,8,11,18H,7H2,(H2,14,19)(H,16,17). The van der Waals surface area contributed by atoms with E-state index < -0.39 is 12.0 Å². The van der Waals surface area contributed by atoms with Gasteiger partial charge in [0.2, 0.25) is 0 Å². The summed E-state index contributed by atoms with van der Waals surface area (Å²) < 4.78 is 0. The van der Waals surface area contributed by atoms with Crippen LogP contribution < -0.4 is 11.1 Å². The van der Waals surface area contributed by atoms with E-state index in [1.165, 1.54) is 12.4 Å². The first kappa shape index (κ1) is 13.0. The van der Waals surface area contributed by atoms with E-state index in [2.05, 4.69) is 15.3 Å². The summed E-state index contributed by atoms with van der Waals surface area (Å²) in [7, 11) is 0. The molecule has 0 radical (unpaired) electrons. The van der Waals surface area contributed by atoms with Gasteiger partial charge in [-0.05, 0) is 5.56 Å². The molecule has 1 aromatic carbocycles. The molecule has 1 heterocycles. The molecule has 6 heteroatoms. The molecule has 98 valence electrons. The van der Waals surface area contributed by atoms with Crippen molar-refractivity contribution in [2.45, 2.75) is 6.10 Å². The summed E-state index contributed by atoms with van der Waals surface area (Å²) in [6.07, 6.45) is 2.09. The van der Waals surface area contributed by atoms with Crippen molar-refractivity contribution in [1.82, 2.24) is 9.97 Å². The smallest absolute Gasteiger partial charge is 0.268 e. The van der Waals surface area contributed by atoms with Gasteiger partial charge in [0.25, 0.3) is 5.91 Å². The number of rotatable bonds is 5. The fourth-order valence-corrected chi connectivity index (χ4v) is 1.56. The van der Waals surface area contributed by atoms with Crippen LogP contribution in [0.15, 0.2) is 42.7 Å². The molecule has 1 unspecified atom stereocenters. The molecule has 0 bridgehead atoms. The SMILES string of the molecule is NC(=O)c1cncc(NCC(O)c2ccccc2)n1. The minimum Gasteiger partial charge on any atom is -0.387 e. The maximum atomic E-state index is 11.0. The van der Waals surface area contributed by atoms with Crippen LogP contribution in [0.2, 0.25) is 0 Å². The molecule has 2 aromatic rings. The van der Waals surface area contributed by atoms with Gasteiger partial charge in [0.1, 0.15) is 11.5 Å². The molecule has 1 atom stereocenters. The van der Waals surface area contributed by atoms with Crippen molar-refractivity contribution < 1.29 is 9.90 Å². The fourth-order valence-electron chi connectivity index (χ4n) is 1.56. The Balaban J connectivity index is 1.99. The Morgan fingerprint density at radius 2 is 2.05 bits per heavy atom. The number of hydrogen-bond acceptors (Lipinski definition) is 5. The second kappa shape index (κ2) is 5.92. The van der Waals surface area contributed by atoms with Crippen LogP contribution in [0.5, 0.6) is 0 Å². The summed E-state index contributed by atoms with van der Waals surface area (Å²) in [5, 5.41) is 12.9. The Morgan fingerprint density at radius 1 is 1.32 bits per heavy atom. The largest absolute Gasteiger partial charge is 0.387 e. The van der Waals surface area contributed by atoms with E-state index in [1.54, 1.807) is 0 Å². The van der Waals surface area contributed by atoms with Crippen molar-refractivity contribution in [3.05, 3.63) is 54.0 Å². The van der Waals surface area contributed by atoms with E-state index in [0.717, 1.165) is 5.56 Å². The lowest BCUT2D eigenvalue weighted by atomic mass is 10.1. The molecule has 0 spiro atoms. The normalized spacial score (nSPS) is 11.8. The lowest BCUT2D eigenvalue weighted by Gasteiger charge is -2.12. The van der Waals surface area contributed by atoms with E-state index in [9.17, 15) is 9.90 Å². The molecule has 0 aliphatic rings. The molecule has 19 heavy (non-hydrogen) atoms. The zero-order valence-electron chi connectivity index (χ0n) is 10.2. The van der Waals surface area contributed by atoms with Gasteiger partial charge in [-0.3, -0.25) is 9.78 Å². The zero-order valence-corrected chi connectivity index (χ0v) is 10.2. The van der Waals surface area contributed by atoms with Gasteiger partial charge in [-0.25, -0.2) is 4.98 Å². The van der Waals surface area contributed by atoms with Gasteiger partial charge in [-0.1, -0.05) is 30.3 Å². The molecule has 1 aromatic heterocycles. The molecule has 6 nitrogen and oxygen atoms in total. The topological polar surface area (TPSA) is 101 Å². The first-order chi connectivity index (χ1) is 9.16. The maximum Gasteiger partial charge on any atom is 0.268 e. The molecule has 2 rings (SSSR count). The van der Waals surface area contributed by atoms with Crippen molar-refractivity contribution in [1.29, 1.82) is 0 Å². The Kier molecular flexibility index (Phi) is 4.04. The van der Waals surface area contributed by atoms with Crippen LogP contribution in [-0.4, -0.2) is 27.5 Å². The first-order valence-corrected chi connectivity index (χ1v) is 5.75. The third-order valence-electron chi connectivity index (χ3n) is 2.55. The van der Waals surface area contributed by atoms with E-state index in [4.69, 9.17) is 5.73 Å². The Bertz CT molecular complexity index is 560. The summed E-state index contributed by atoms with van der Waals surface area (Å²) in [5.41, 5.74) is 5.99. The van der Waals surface area contributed by atoms with Gasteiger partial charge in [-0.2, -0.15) is 0 Å². The Hall–Kier alpha value is -2.47. The molecule has 0 saturated carbocycles. The quantitative estimate of drug-likeness (QED) is 0.733. The average molecular weight is 258 g/mol. The number of benzene rings is 1. The Morgan fingerprint density at radius 3 is 2.74 bits per heavy atom. The second-order valence-electron chi connectivity index (χ2n) is 3.96. The molecule has 4 N–H and O–H groups in total. The number of nitrogens with one attached hydrogen (secondary N) is 1. The predicted molar refractivity (Wildman–Crippen MR) is 70.4 cm³/mol. The summed E-state index contributed by atoms with van der Waals surface area (Å²) >= 11 is 0. The van der Waals surface area contributed by atoms with Crippen molar-refractivity contribution in [2.24, 2.45) is 5.73 Å². The minimum atomic E-state index is -0.666. The number of aromatic nitrogens is 2. The third kappa shape index (κ3) is 3.49. The van der Waals surface area contributed by atoms with Gasteiger partial charge in [0, 0.05) is 6.54 Å². The predicted octanol–water partition coefficient (Wildman–Crippen LogP) is 0.721. The van der Waals surface area contributed by atoms with Gasteiger partial charge in [0.15, 0.2) is 0 Å². The zero-order chi connectivity index (χ0) is 13.7. The van der Waals surface area contributed by atoms with Gasteiger partial charge in [0.05, 0.1) is 18.5 Å². The number of aliphatic hydroxyl groups excluding tert-OH is 1. The van der Waals surface area contributed by atoms with Crippen LogP contribution in [0.1, 0.15) is 22.2 Å². The molecule has 1 amide bonds. The van der Waals surface area contributed by atoms with E-state index >= 15 is 0 Å². The average Bonchev–Trinajstić information content (AvgIpc) is 2.46. The van der Waals surface area contributed by atoms with Gasteiger partial charge in [-0.15, -0.1) is 0 Å². The number of primary amides is 1. The highest BCUT2D eigenvalue weighted by Crippen LogP contribution is 2.12. The van der Waals surface area contributed by atoms with Crippen molar-refractivity contribution in [3.8, 4) is 0 Å². The number of aliphatic hydroxyl groups is 1. The number of amides is 1. The number of carbonyl (C=O) groups excluding carboxylic acids is 1. The van der Waals surface area contributed by atoms with Crippen molar-refractivity contribution in [2.75, 3.05) is 11.9 Å². The highest BCUT2D eigenvalue weighted by Gasteiger charge is 2.08. The van der Waals surface area contributed by atoms with Gasteiger partial charge < -0.3 is 16.2 Å². The third-order valence-corrected chi connectivity index (χ3v) is 2.55. The Labute approximate surface area is 110 Å². The minimum absolute atomic E-state index is 0.0826. The number of hydrogen-bond donors (Lipinski definition) is 3.